The highest BCUT2D eigenvalue weighted by atomic mass is 19.4. The molecule has 0 radical (unpaired) electrons. The second kappa shape index (κ2) is 10.3. The Hall–Kier alpha value is -4.63. The van der Waals surface area contributed by atoms with E-state index in [0.717, 1.165) is 42.6 Å². The number of carbonyl (C=O) groups excluding carboxylic acids is 1. The summed E-state index contributed by atoms with van der Waals surface area (Å²) in [7, 11) is 5.67. The van der Waals surface area contributed by atoms with Crippen LogP contribution in [0.3, 0.4) is 0 Å². The first kappa shape index (κ1) is 28.5. The largest absolute Gasteiger partial charge is 0.416 e. The fourth-order valence-corrected chi connectivity index (χ4v) is 7.01. The Kier molecular flexibility index (Phi) is 6.81. The normalized spacial score (nSPS) is 21.0. The molecule has 1 saturated heterocycles. The standard InChI is InChI=1S/C31H30F3N7O2/c1-38-27(25-14-15-36-39(25)22-12-10-19(17-35)11-13-22)26(29(42)37-28-24-9-4-6-20(24)18-41(28,2)3)30(43)40(38)23-8-5-7-21(16-23)31(32,33)34/h5,7-8,10-16,20,24,28H,4,6,9,18H2,1-3H3/p+1. The van der Waals surface area contributed by atoms with Gasteiger partial charge in [-0.3, -0.25) is 14.3 Å². The molecule has 3 unspecified atom stereocenters. The van der Waals surface area contributed by atoms with E-state index in [-0.39, 0.29) is 29.0 Å². The van der Waals surface area contributed by atoms with Crippen molar-refractivity contribution in [1.29, 1.82) is 5.26 Å². The SMILES string of the molecule is Cn1c(-c2ccnn2-c2ccc(C#N)cc2)c(C(=O)NC2C3CCCC3C[N+]2(C)C)c(=O)n1-c1cccc(C(F)(F)F)c1. The smallest absolute Gasteiger partial charge is 0.309 e. The van der Waals surface area contributed by atoms with Crippen molar-refractivity contribution in [3.63, 3.8) is 0 Å². The summed E-state index contributed by atoms with van der Waals surface area (Å²) < 4.78 is 45.5. The zero-order chi connectivity index (χ0) is 30.7. The van der Waals surface area contributed by atoms with Crippen LogP contribution in [0.1, 0.15) is 40.7 Å². The molecule has 2 aromatic carbocycles. The van der Waals surface area contributed by atoms with E-state index in [1.54, 1.807) is 30.3 Å². The number of halogens is 3. The van der Waals surface area contributed by atoms with Gasteiger partial charge in [0.2, 0.25) is 0 Å². The van der Waals surface area contributed by atoms with Gasteiger partial charge in [-0.1, -0.05) is 12.5 Å². The molecule has 1 aliphatic carbocycles. The third kappa shape index (κ3) is 4.83. The van der Waals surface area contributed by atoms with Crippen molar-refractivity contribution in [3.05, 3.63) is 87.8 Å². The summed E-state index contributed by atoms with van der Waals surface area (Å²) in [5.74, 6) is 0.175. The predicted octanol–water partition coefficient (Wildman–Crippen LogP) is 4.48. The summed E-state index contributed by atoms with van der Waals surface area (Å²) in [5, 5.41) is 16.8. The van der Waals surface area contributed by atoms with Gasteiger partial charge in [-0.2, -0.15) is 23.5 Å². The van der Waals surface area contributed by atoms with Crippen LogP contribution in [0.4, 0.5) is 13.2 Å². The third-order valence-electron chi connectivity index (χ3n) is 8.90. The fourth-order valence-electron chi connectivity index (χ4n) is 7.01. The maximum absolute atomic E-state index is 14.2. The number of amides is 1. The van der Waals surface area contributed by atoms with Gasteiger partial charge in [-0.25, -0.2) is 9.36 Å². The van der Waals surface area contributed by atoms with E-state index in [0.29, 0.717) is 27.3 Å². The Morgan fingerprint density at radius 1 is 1.09 bits per heavy atom. The first-order chi connectivity index (χ1) is 20.4. The number of hydrogen-bond acceptors (Lipinski definition) is 4. The number of hydrogen-bond donors (Lipinski definition) is 1. The number of nitriles is 1. The van der Waals surface area contributed by atoms with E-state index in [4.69, 9.17) is 0 Å². The van der Waals surface area contributed by atoms with Crippen LogP contribution in [-0.2, 0) is 13.2 Å². The third-order valence-corrected chi connectivity index (χ3v) is 8.90. The molecule has 0 bridgehead atoms. The van der Waals surface area contributed by atoms with Crippen LogP contribution in [0, 0.1) is 23.2 Å². The highest BCUT2D eigenvalue weighted by molar-refractivity contribution is 6.00. The molecule has 1 saturated carbocycles. The summed E-state index contributed by atoms with van der Waals surface area (Å²) in [4.78, 5) is 28.3. The first-order valence-corrected chi connectivity index (χ1v) is 14.1. The number of benzene rings is 2. The summed E-state index contributed by atoms with van der Waals surface area (Å²) in [6, 6.07) is 14.8. The Labute approximate surface area is 245 Å². The average Bonchev–Trinajstić information content (AvgIpc) is 3.72. The van der Waals surface area contributed by atoms with Gasteiger partial charge in [0.25, 0.3) is 11.5 Å². The lowest BCUT2D eigenvalue weighted by Crippen LogP contribution is -2.56. The number of nitrogens with zero attached hydrogens (tertiary/aromatic N) is 6. The molecule has 43 heavy (non-hydrogen) atoms. The summed E-state index contributed by atoms with van der Waals surface area (Å²) in [6.45, 7) is 0.914. The van der Waals surface area contributed by atoms with Crippen molar-refractivity contribution in [1.82, 2.24) is 24.5 Å². The molecule has 12 heteroatoms. The van der Waals surface area contributed by atoms with Crippen LogP contribution in [-0.4, -0.2) is 56.3 Å². The molecule has 2 aromatic heterocycles. The van der Waals surface area contributed by atoms with Crippen LogP contribution in [0.5, 0.6) is 0 Å². The van der Waals surface area contributed by atoms with Crippen LogP contribution in [0.2, 0.25) is 0 Å². The van der Waals surface area contributed by atoms with E-state index in [1.807, 2.05) is 0 Å². The Morgan fingerprint density at radius 3 is 2.53 bits per heavy atom. The number of quaternary nitrogens is 1. The monoisotopic (exact) mass is 590 g/mol. The maximum Gasteiger partial charge on any atom is 0.416 e. The second-order valence-corrected chi connectivity index (χ2v) is 11.9. The topological polar surface area (TPSA) is 97.6 Å². The van der Waals surface area contributed by atoms with E-state index in [2.05, 4.69) is 30.6 Å². The molecule has 1 N–H and O–H groups in total. The summed E-state index contributed by atoms with van der Waals surface area (Å²) >= 11 is 0. The highest BCUT2D eigenvalue weighted by Crippen LogP contribution is 2.43. The molecule has 3 atom stereocenters. The molecule has 222 valence electrons. The molecule has 2 aliphatic rings. The molecule has 4 aromatic rings. The molecule has 1 amide bonds. The molecular formula is C31H31F3N7O2+. The summed E-state index contributed by atoms with van der Waals surface area (Å²) in [6.07, 6.45) is -0.143. The lowest BCUT2D eigenvalue weighted by atomic mass is 9.98. The second-order valence-electron chi connectivity index (χ2n) is 11.9. The van der Waals surface area contributed by atoms with E-state index in [9.17, 15) is 28.0 Å². The number of carbonyl (C=O) groups is 1. The number of likely N-dealkylation sites (tertiary alicyclic amines) is 1. The fraction of sp³-hybridized carbons (Fsp3) is 0.355. The Morgan fingerprint density at radius 2 is 1.84 bits per heavy atom. The highest BCUT2D eigenvalue weighted by Gasteiger charge is 2.52. The average molecular weight is 591 g/mol. The maximum atomic E-state index is 14.2. The number of rotatable bonds is 5. The van der Waals surface area contributed by atoms with Gasteiger partial charge in [-0.15, -0.1) is 0 Å². The quantitative estimate of drug-likeness (QED) is 0.347. The van der Waals surface area contributed by atoms with Crippen molar-refractivity contribution < 1.29 is 22.4 Å². The van der Waals surface area contributed by atoms with E-state index >= 15 is 0 Å². The van der Waals surface area contributed by atoms with Crippen LogP contribution < -0.4 is 10.9 Å². The van der Waals surface area contributed by atoms with Crippen LogP contribution in [0.15, 0.2) is 65.6 Å². The Balaban J connectivity index is 1.52. The van der Waals surface area contributed by atoms with Crippen molar-refractivity contribution in [2.24, 2.45) is 18.9 Å². The number of fused-ring (bicyclic) bond motifs is 1. The Bertz CT molecular complexity index is 1810. The van der Waals surface area contributed by atoms with Crippen LogP contribution >= 0.6 is 0 Å². The molecule has 0 spiro atoms. The number of alkyl halides is 3. The van der Waals surface area contributed by atoms with Gasteiger partial charge >= 0.3 is 6.18 Å². The first-order valence-electron chi connectivity index (χ1n) is 14.1. The van der Waals surface area contributed by atoms with Crippen molar-refractivity contribution in [2.75, 3.05) is 20.6 Å². The molecule has 1 aliphatic heterocycles. The minimum absolute atomic E-state index is 0.0279. The van der Waals surface area contributed by atoms with E-state index in [1.165, 1.54) is 34.7 Å². The number of nitrogens with one attached hydrogen (secondary N) is 1. The lowest BCUT2D eigenvalue weighted by molar-refractivity contribution is -0.907. The predicted molar refractivity (Wildman–Crippen MR) is 152 cm³/mol. The van der Waals surface area contributed by atoms with Gasteiger partial charge < -0.3 is 9.80 Å². The van der Waals surface area contributed by atoms with Crippen molar-refractivity contribution in [2.45, 2.75) is 31.6 Å². The van der Waals surface area contributed by atoms with Crippen molar-refractivity contribution in [3.8, 4) is 28.8 Å². The molecule has 9 nitrogen and oxygen atoms in total. The van der Waals surface area contributed by atoms with Gasteiger partial charge in [0.15, 0.2) is 6.17 Å². The van der Waals surface area contributed by atoms with Gasteiger partial charge in [-0.05, 0) is 61.4 Å². The number of aromatic nitrogens is 4. The lowest BCUT2D eigenvalue weighted by Gasteiger charge is -2.34. The van der Waals surface area contributed by atoms with Crippen LogP contribution in [0.25, 0.3) is 22.8 Å². The minimum Gasteiger partial charge on any atom is -0.309 e. The van der Waals surface area contributed by atoms with Gasteiger partial charge in [0, 0.05) is 18.9 Å². The minimum atomic E-state index is -4.62. The summed E-state index contributed by atoms with van der Waals surface area (Å²) in [5.41, 5.74) is -0.252. The zero-order valence-electron chi connectivity index (χ0n) is 24.0. The van der Waals surface area contributed by atoms with E-state index < -0.39 is 23.2 Å². The molecule has 2 fully saturated rings. The van der Waals surface area contributed by atoms with Crippen molar-refractivity contribution >= 4 is 5.91 Å². The molecule has 3 heterocycles. The zero-order valence-corrected chi connectivity index (χ0v) is 24.0. The molecular weight excluding hydrogens is 559 g/mol. The van der Waals surface area contributed by atoms with Gasteiger partial charge in [0.05, 0.1) is 61.1 Å². The molecule has 6 rings (SSSR count). The van der Waals surface area contributed by atoms with Gasteiger partial charge in [0.1, 0.15) is 11.3 Å².